The van der Waals surface area contributed by atoms with Crippen LogP contribution >= 0.6 is 0 Å². The number of nitrogens with one attached hydrogen (secondary N) is 1. The number of halogens is 3. The largest absolute Gasteiger partial charge is 0.416 e. The van der Waals surface area contributed by atoms with Crippen LogP contribution in [0.15, 0.2) is 55.0 Å². The average molecular weight is 461 g/mol. The van der Waals surface area contributed by atoms with Gasteiger partial charge >= 0.3 is 6.18 Å². The van der Waals surface area contributed by atoms with Crippen molar-refractivity contribution < 1.29 is 22.7 Å². The molecule has 7 nitrogen and oxygen atoms in total. The Hall–Kier alpha value is -3.55. The van der Waals surface area contributed by atoms with Gasteiger partial charge in [-0.2, -0.15) is 13.2 Å². The van der Waals surface area contributed by atoms with Gasteiger partial charge in [-0.15, -0.1) is 0 Å². The van der Waals surface area contributed by atoms with E-state index in [1.165, 1.54) is 18.3 Å². The third-order valence-electron chi connectivity index (χ3n) is 4.66. The van der Waals surface area contributed by atoms with E-state index in [1.807, 2.05) is 12.1 Å². The number of carbonyl (C=O) groups is 1. The minimum Gasteiger partial charge on any atom is -0.397 e. The van der Waals surface area contributed by atoms with Crippen LogP contribution in [0.1, 0.15) is 30.0 Å². The maximum absolute atomic E-state index is 12.5. The van der Waals surface area contributed by atoms with E-state index >= 15 is 0 Å². The lowest BCUT2D eigenvalue weighted by Crippen LogP contribution is -2.28. The summed E-state index contributed by atoms with van der Waals surface area (Å²) >= 11 is 0. The molecule has 0 bridgehead atoms. The summed E-state index contributed by atoms with van der Waals surface area (Å²) in [5.41, 5.74) is 9.36. The molecule has 1 amide bonds. The van der Waals surface area contributed by atoms with Gasteiger partial charge in [0.1, 0.15) is 0 Å². The zero-order valence-corrected chi connectivity index (χ0v) is 18.1. The van der Waals surface area contributed by atoms with Crippen molar-refractivity contribution in [1.29, 1.82) is 0 Å². The lowest BCUT2D eigenvalue weighted by atomic mass is 10.1. The minimum atomic E-state index is -4.33. The first kappa shape index (κ1) is 25.7. The zero-order chi connectivity index (χ0) is 24.3. The molecule has 1 aliphatic rings. The molecule has 1 unspecified atom stereocenters. The van der Waals surface area contributed by atoms with Gasteiger partial charge in [-0.1, -0.05) is 18.1 Å². The first-order valence-corrected chi connectivity index (χ1v) is 10.1. The Morgan fingerprint density at radius 3 is 2.64 bits per heavy atom. The number of ether oxygens (including phenoxy) is 1. The standard InChI is InChI=1S/C16H16F3NO2.C7H10N4/c1-2-3-15(21)20-9-8-14(10-20)22-11-12-4-6-13(7-5-12)16(17,18)19;8-7(5-11-9)6-2-1-3-10-4-6/h4-7,14H,8-11H2,1H3;1-5,11H,8-9H2/b;7-5-. The topological polar surface area (TPSA) is 106 Å². The third kappa shape index (κ3) is 8.48. The van der Waals surface area contributed by atoms with Gasteiger partial charge in [-0.3, -0.25) is 15.6 Å². The van der Waals surface area contributed by atoms with Gasteiger partial charge in [0.2, 0.25) is 0 Å². The second-order valence-corrected chi connectivity index (χ2v) is 7.05. The fourth-order valence-corrected chi connectivity index (χ4v) is 2.95. The van der Waals surface area contributed by atoms with Gasteiger partial charge in [-0.25, -0.2) is 0 Å². The van der Waals surface area contributed by atoms with Crippen molar-refractivity contribution >= 4 is 11.6 Å². The van der Waals surface area contributed by atoms with Gasteiger partial charge in [0.15, 0.2) is 0 Å². The molecule has 10 heteroatoms. The highest BCUT2D eigenvalue weighted by molar-refractivity contribution is 5.93. The molecule has 1 aliphatic heterocycles. The van der Waals surface area contributed by atoms with Gasteiger partial charge in [0.05, 0.1) is 24.0 Å². The number of likely N-dealkylation sites (tertiary alicyclic amines) is 1. The molecular formula is C23H26F3N5O2. The second kappa shape index (κ2) is 12.5. The predicted octanol–water partition coefficient (Wildman–Crippen LogP) is 2.65. The maximum atomic E-state index is 12.5. The van der Waals surface area contributed by atoms with Gasteiger partial charge in [0.25, 0.3) is 5.91 Å². The van der Waals surface area contributed by atoms with Crippen molar-refractivity contribution in [3.63, 3.8) is 0 Å². The summed E-state index contributed by atoms with van der Waals surface area (Å²) in [7, 11) is 0. The minimum absolute atomic E-state index is 0.107. The molecule has 3 rings (SSSR count). The number of aromatic nitrogens is 1. The summed E-state index contributed by atoms with van der Waals surface area (Å²) in [5.74, 6) is 9.86. The Bertz CT molecular complexity index is 983. The lowest BCUT2D eigenvalue weighted by molar-refractivity contribution is -0.137. The fourth-order valence-electron chi connectivity index (χ4n) is 2.95. The molecule has 2 heterocycles. The van der Waals surface area contributed by atoms with Gasteiger partial charge in [0, 0.05) is 37.2 Å². The van der Waals surface area contributed by atoms with Crippen molar-refractivity contribution in [3.8, 4) is 11.8 Å². The number of alkyl halides is 3. The molecular weight excluding hydrogens is 435 g/mol. The summed E-state index contributed by atoms with van der Waals surface area (Å²) in [5, 5.41) is 0. The predicted molar refractivity (Wildman–Crippen MR) is 118 cm³/mol. The van der Waals surface area contributed by atoms with Crippen molar-refractivity contribution in [2.24, 2.45) is 11.6 Å². The highest BCUT2D eigenvalue weighted by Crippen LogP contribution is 2.29. The van der Waals surface area contributed by atoms with Crippen molar-refractivity contribution in [2.75, 3.05) is 13.1 Å². The molecule has 1 fully saturated rings. The molecule has 0 spiro atoms. The van der Waals surface area contributed by atoms with E-state index in [9.17, 15) is 18.0 Å². The molecule has 2 aromatic rings. The number of hydrogen-bond acceptors (Lipinski definition) is 6. The quantitative estimate of drug-likeness (QED) is 0.359. The summed E-state index contributed by atoms with van der Waals surface area (Å²) in [6.07, 6.45) is 1.14. The molecule has 0 saturated carbocycles. The van der Waals surface area contributed by atoms with Crippen LogP contribution in [-0.2, 0) is 22.3 Å². The number of nitrogens with zero attached hydrogens (tertiary/aromatic N) is 2. The highest BCUT2D eigenvalue weighted by atomic mass is 19.4. The summed E-state index contributed by atoms with van der Waals surface area (Å²) in [4.78, 5) is 17.1. The molecule has 1 aromatic carbocycles. The number of hydrazine groups is 1. The van der Waals surface area contributed by atoms with Crippen LogP contribution in [0.5, 0.6) is 0 Å². The van der Waals surface area contributed by atoms with Crippen molar-refractivity contribution in [1.82, 2.24) is 15.3 Å². The normalized spacial score (nSPS) is 15.7. The first-order chi connectivity index (χ1) is 15.7. The van der Waals surface area contributed by atoms with E-state index in [2.05, 4.69) is 22.3 Å². The lowest BCUT2D eigenvalue weighted by Gasteiger charge is -2.14. The average Bonchev–Trinajstić information content (AvgIpc) is 3.28. The third-order valence-corrected chi connectivity index (χ3v) is 4.66. The fraction of sp³-hybridized carbons (Fsp3) is 0.304. The zero-order valence-electron chi connectivity index (χ0n) is 18.1. The maximum Gasteiger partial charge on any atom is 0.416 e. The molecule has 176 valence electrons. The Balaban J connectivity index is 0.000000294. The summed E-state index contributed by atoms with van der Waals surface area (Å²) in [6.45, 7) is 2.89. The number of pyridine rings is 1. The molecule has 1 aromatic heterocycles. The Labute approximate surface area is 190 Å². The van der Waals surface area contributed by atoms with Gasteiger partial charge < -0.3 is 20.8 Å². The smallest absolute Gasteiger partial charge is 0.397 e. The van der Waals surface area contributed by atoms with Crippen LogP contribution in [0.2, 0.25) is 0 Å². The number of hydrogen-bond donors (Lipinski definition) is 3. The van der Waals surface area contributed by atoms with E-state index in [-0.39, 0.29) is 18.6 Å². The Morgan fingerprint density at radius 2 is 2.06 bits per heavy atom. The van der Waals surface area contributed by atoms with Crippen LogP contribution in [-0.4, -0.2) is 35.0 Å². The summed E-state index contributed by atoms with van der Waals surface area (Å²) in [6, 6.07) is 8.56. The monoisotopic (exact) mass is 461 g/mol. The highest BCUT2D eigenvalue weighted by Gasteiger charge is 2.30. The SMILES string of the molecule is CC#CC(=O)N1CCC(OCc2ccc(C(F)(F)F)cc2)C1.NN/C=C(\N)c1cccnc1. The van der Waals surface area contributed by atoms with E-state index in [0.717, 1.165) is 17.7 Å². The summed E-state index contributed by atoms with van der Waals surface area (Å²) < 4.78 is 43.0. The molecule has 1 saturated heterocycles. The molecule has 33 heavy (non-hydrogen) atoms. The van der Waals surface area contributed by atoms with E-state index in [4.69, 9.17) is 16.3 Å². The number of amides is 1. The Kier molecular flexibility index (Phi) is 9.72. The van der Waals surface area contributed by atoms with Crippen molar-refractivity contribution in [3.05, 3.63) is 71.7 Å². The van der Waals surface area contributed by atoms with Gasteiger partial charge in [-0.05, 0) is 49.1 Å². The molecule has 0 aliphatic carbocycles. The van der Waals surface area contributed by atoms with Crippen LogP contribution in [0.3, 0.4) is 0 Å². The van der Waals surface area contributed by atoms with Crippen LogP contribution in [0, 0.1) is 11.8 Å². The number of benzene rings is 1. The van der Waals surface area contributed by atoms with E-state index in [0.29, 0.717) is 30.8 Å². The number of nitrogens with two attached hydrogens (primary N) is 2. The molecule has 5 N–H and O–H groups in total. The Morgan fingerprint density at radius 1 is 1.33 bits per heavy atom. The van der Waals surface area contributed by atoms with Crippen LogP contribution < -0.4 is 17.0 Å². The first-order valence-electron chi connectivity index (χ1n) is 10.1. The van der Waals surface area contributed by atoms with Crippen molar-refractivity contribution in [2.45, 2.75) is 32.2 Å². The number of carbonyl (C=O) groups excluding carboxylic acids is 1. The second-order valence-electron chi connectivity index (χ2n) is 7.05. The molecule has 1 atom stereocenters. The molecule has 0 radical (unpaired) electrons. The van der Waals surface area contributed by atoms with Crippen LogP contribution in [0.25, 0.3) is 5.70 Å². The van der Waals surface area contributed by atoms with E-state index in [1.54, 1.807) is 24.2 Å². The number of rotatable bonds is 5. The van der Waals surface area contributed by atoms with Crippen LogP contribution in [0.4, 0.5) is 13.2 Å². The van der Waals surface area contributed by atoms with E-state index < -0.39 is 11.7 Å².